The predicted octanol–water partition coefficient (Wildman–Crippen LogP) is 2.67. The average Bonchev–Trinajstić information content (AvgIpc) is 2.70. The van der Waals surface area contributed by atoms with Gasteiger partial charge in [-0.3, -0.25) is 0 Å². The Hall–Kier alpha value is -0.540. The molecule has 1 aliphatic heterocycles. The van der Waals surface area contributed by atoms with E-state index >= 15 is 0 Å². The van der Waals surface area contributed by atoms with Crippen molar-refractivity contribution in [2.24, 2.45) is 0 Å². The second kappa shape index (κ2) is 4.99. The lowest BCUT2D eigenvalue weighted by atomic mass is 10.1. The molecule has 1 fully saturated rings. The van der Waals surface area contributed by atoms with Gasteiger partial charge in [-0.15, -0.1) is 0 Å². The van der Waals surface area contributed by atoms with Crippen molar-refractivity contribution in [1.82, 2.24) is 4.90 Å². The molecule has 0 radical (unpaired) electrons. The molecule has 0 atom stereocenters. The third kappa shape index (κ3) is 2.73. The van der Waals surface area contributed by atoms with Crippen LogP contribution in [0, 0.1) is 0 Å². The molecule has 0 aliphatic carbocycles. The highest BCUT2D eigenvalue weighted by Gasteiger charge is 2.12. The molecule has 0 spiro atoms. The summed E-state index contributed by atoms with van der Waals surface area (Å²) in [5, 5.41) is 0. The van der Waals surface area contributed by atoms with Gasteiger partial charge in [-0.1, -0.05) is 22.0 Å². The van der Waals surface area contributed by atoms with E-state index in [0.29, 0.717) is 0 Å². The molecule has 1 aromatic rings. The van der Waals surface area contributed by atoms with Gasteiger partial charge in [-0.25, -0.2) is 0 Å². The van der Waals surface area contributed by atoms with Gasteiger partial charge in [0.05, 0.1) is 0 Å². The van der Waals surface area contributed by atoms with Crippen molar-refractivity contribution in [2.75, 3.05) is 25.4 Å². The molecule has 1 heterocycles. The predicted molar refractivity (Wildman–Crippen MR) is 67.9 cm³/mol. The van der Waals surface area contributed by atoms with Crippen LogP contribution >= 0.6 is 15.9 Å². The van der Waals surface area contributed by atoms with Crippen LogP contribution in [0.4, 0.5) is 5.69 Å². The van der Waals surface area contributed by atoms with Gasteiger partial charge in [0.15, 0.2) is 0 Å². The van der Waals surface area contributed by atoms with Crippen molar-refractivity contribution in [1.29, 1.82) is 0 Å². The molecule has 1 saturated heterocycles. The third-order valence-corrected chi connectivity index (χ3v) is 3.77. The van der Waals surface area contributed by atoms with Gasteiger partial charge in [0, 0.05) is 16.7 Å². The zero-order valence-corrected chi connectivity index (χ0v) is 10.5. The quantitative estimate of drug-likeness (QED) is 0.855. The van der Waals surface area contributed by atoms with Gasteiger partial charge in [-0.05, 0) is 50.0 Å². The summed E-state index contributed by atoms with van der Waals surface area (Å²) in [6, 6.07) is 6.03. The number of anilines is 1. The number of nitrogens with zero attached hydrogens (tertiary/aromatic N) is 1. The van der Waals surface area contributed by atoms with Gasteiger partial charge >= 0.3 is 0 Å². The number of benzene rings is 1. The molecule has 0 bridgehead atoms. The molecule has 2 nitrogen and oxygen atoms in total. The smallest absolute Gasteiger partial charge is 0.0358 e. The lowest BCUT2D eigenvalue weighted by molar-refractivity contribution is 0.343. The van der Waals surface area contributed by atoms with Crippen LogP contribution in [-0.2, 0) is 6.42 Å². The van der Waals surface area contributed by atoms with Gasteiger partial charge in [-0.2, -0.15) is 0 Å². The summed E-state index contributed by atoms with van der Waals surface area (Å²) in [5.74, 6) is 0. The molecule has 0 amide bonds. The molecule has 1 aliphatic rings. The molecule has 0 saturated carbocycles. The Bertz CT molecular complexity index is 312. The summed E-state index contributed by atoms with van der Waals surface area (Å²) >= 11 is 3.56. The minimum Gasteiger partial charge on any atom is -0.398 e. The number of hydrogen-bond donors (Lipinski definition) is 1. The number of nitrogens with two attached hydrogens (primary N) is 1. The zero-order valence-electron chi connectivity index (χ0n) is 8.88. The van der Waals surface area contributed by atoms with E-state index in [1.54, 1.807) is 0 Å². The molecule has 82 valence electrons. The van der Waals surface area contributed by atoms with Crippen LogP contribution in [0.3, 0.4) is 0 Å². The summed E-state index contributed by atoms with van der Waals surface area (Å²) in [6.45, 7) is 3.64. The minimum absolute atomic E-state index is 0.906. The summed E-state index contributed by atoms with van der Waals surface area (Å²) < 4.78 is 1.14. The second-order valence-corrected chi connectivity index (χ2v) is 4.96. The van der Waals surface area contributed by atoms with Crippen molar-refractivity contribution in [2.45, 2.75) is 19.3 Å². The third-order valence-electron chi connectivity index (χ3n) is 3.03. The standard InChI is InChI=1S/C12H17BrN2/c13-11-4-3-5-12(14)10(11)6-9-15-7-1-2-8-15/h3-5H,1-2,6-9,14H2. The summed E-state index contributed by atoms with van der Waals surface area (Å²) in [6.07, 6.45) is 3.75. The zero-order chi connectivity index (χ0) is 10.7. The molecule has 2 N–H and O–H groups in total. The van der Waals surface area contributed by atoms with E-state index in [9.17, 15) is 0 Å². The highest BCUT2D eigenvalue weighted by Crippen LogP contribution is 2.23. The maximum absolute atomic E-state index is 5.96. The van der Waals surface area contributed by atoms with Crippen LogP contribution in [0.1, 0.15) is 18.4 Å². The van der Waals surface area contributed by atoms with E-state index in [1.807, 2.05) is 12.1 Å². The van der Waals surface area contributed by atoms with Gasteiger partial charge < -0.3 is 10.6 Å². The Balaban J connectivity index is 1.97. The second-order valence-electron chi connectivity index (χ2n) is 4.11. The van der Waals surface area contributed by atoms with Crippen LogP contribution in [0.15, 0.2) is 22.7 Å². The topological polar surface area (TPSA) is 29.3 Å². The van der Waals surface area contributed by atoms with E-state index in [-0.39, 0.29) is 0 Å². The first-order valence-corrected chi connectivity index (χ1v) is 6.32. The average molecular weight is 269 g/mol. The molecule has 2 rings (SSSR count). The van der Waals surface area contributed by atoms with Crippen molar-refractivity contribution in [3.05, 3.63) is 28.2 Å². The Kier molecular flexibility index (Phi) is 3.65. The molecule has 3 heteroatoms. The van der Waals surface area contributed by atoms with Crippen LogP contribution in [-0.4, -0.2) is 24.5 Å². The first-order chi connectivity index (χ1) is 7.27. The van der Waals surface area contributed by atoms with Crippen molar-refractivity contribution in [3.8, 4) is 0 Å². The fourth-order valence-corrected chi connectivity index (χ4v) is 2.70. The van der Waals surface area contributed by atoms with Crippen LogP contribution in [0.25, 0.3) is 0 Å². The number of rotatable bonds is 3. The van der Waals surface area contributed by atoms with Gasteiger partial charge in [0.1, 0.15) is 0 Å². The fraction of sp³-hybridized carbons (Fsp3) is 0.500. The molecule has 0 aromatic heterocycles. The SMILES string of the molecule is Nc1cccc(Br)c1CCN1CCCC1. The van der Waals surface area contributed by atoms with E-state index in [4.69, 9.17) is 5.73 Å². The number of halogens is 1. The largest absolute Gasteiger partial charge is 0.398 e. The Morgan fingerprint density at radius 3 is 2.67 bits per heavy atom. The van der Waals surface area contributed by atoms with Gasteiger partial charge in [0.25, 0.3) is 0 Å². The molecule has 15 heavy (non-hydrogen) atoms. The first-order valence-electron chi connectivity index (χ1n) is 5.52. The maximum Gasteiger partial charge on any atom is 0.0358 e. The lowest BCUT2D eigenvalue weighted by Gasteiger charge is -2.15. The summed E-state index contributed by atoms with van der Waals surface area (Å²) in [4.78, 5) is 2.51. The van der Waals surface area contributed by atoms with Crippen LogP contribution in [0.5, 0.6) is 0 Å². The summed E-state index contributed by atoms with van der Waals surface area (Å²) in [7, 11) is 0. The lowest BCUT2D eigenvalue weighted by Crippen LogP contribution is -2.22. The number of nitrogen functional groups attached to an aromatic ring is 1. The van der Waals surface area contributed by atoms with Crippen molar-refractivity contribution < 1.29 is 0 Å². The van der Waals surface area contributed by atoms with E-state index in [0.717, 1.165) is 23.1 Å². The minimum atomic E-state index is 0.906. The molecular formula is C12H17BrN2. The molecule has 1 aromatic carbocycles. The van der Waals surface area contributed by atoms with E-state index in [2.05, 4.69) is 26.9 Å². The van der Waals surface area contributed by atoms with Crippen molar-refractivity contribution in [3.63, 3.8) is 0 Å². The maximum atomic E-state index is 5.96. The number of likely N-dealkylation sites (tertiary alicyclic amines) is 1. The van der Waals surface area contributed by atoms with Gasteiger partial charge in [0.2, 0.25) is 0 Å². The highest BCUT2D eigenvalue weighted by atomic mass is 79.9. The monoisotopic (exact) mass is 268 g/mol. The van der Waals surface area contributed by atoms with Crippen LogP contribution in [0.2, 0.25) is 0 Å². The normalized spacial score (nSPS) is 17.1. The fourth-order valence-electron chi connectivity index (χ4n) is 2.12. The Labute approximate surface area is 99.6 Å². The highest BCUT2D eigenvalue weighted by molar-refractivity contribution is 9.10. The Morgan fingerprint density at radius 2 is 2.00 bits per heavy atom. The Morgan fingerprint density at radius 1 is 1.27 bits per heavy atom. The first kappa shape index (κ1) is 11.0. The molecule has 0 unspecified atom stereocenters. The van der Waals surface area contributed by atoms with E-state index < -0.39 is 0 Å². The van der Waals surface area contributed by atoms with Crippen LogP contribution < -0.4 is 5.73 Å². The number of hydrogen-bond acceptors (Lipinski definition) is 2. The van der Waals surface area contributed by atoms with E-state index in [1.165, 1.54) is 31.5 Å². The summed E-state index contributed by atoms with van der Waals surface area (Å²) in [5.41, 5.74) is 8.12. The molecular weight excluding hydrogens is 252 g/mol. The van der Waals surface area contributed by atoms with Crippen molar-refractivity contribution >= 4 is 21.6 Å².